The third-order valence-corrected chi connectivity index (χ3v) is 6.28. The Bertz CT molecular complexity index is 1350. The molecule has 6 heteroatoms. The van der Waals surface area contributed by atoms with E-state index in [9.17, 15) is 9.50 Å². The molecule has 33 heavy (non-hydrogen) atoms. The first-order valence-corrected chi connectivity index (χ1v) is 11.0. The predicted octanol–water partition coefficient (Wildman–Crippen LogP) is 7.36. The summed E-state index contributed by atoms with van der Waals surface area (Å²) in [5.74, 6) is 0.859. The largest absolute Gasteiger partial charge is 0.504 e. The fourth-order valence-corrected chi connectivity index (χ4v) is 4.95. The van der Waals surface area contributed by atoms with Gasteiger partial charge in [-0.25, -0.2) is 4.39 Å². The maximum Gasteiger partial charge on any atom is 0.172 e. The molecule has 0 unspecified atom stereocenters. The van der Waals surface area contributed by atoms with Crippen molar-refractivity contribution in [3.05, 3.63) is 76.1 Å². The quantitative estimate of drug-likeness (QED) is 0.417. The van der Waals surface area contributed by atoms with Gasteiger partial charge in [0.2, 0.25) is 0 Å². The Morgan fingerprint density at radius 3 is 2.61 bits per heavy atom. The highest BCUT2D eigenvalue weighted by molar-refractivity contribution is 6.32. The van der Waals surface area contributed by atoms with E-state index < -0.39 is 5.82 Å². The van der Waals surface area contributed by atoms with Gasteiger partial charge in [-0.05, 0) is 62.8 Å². The van der Waals surface area contributed by atoms with Gasteiger partial charge in [0.1, 0.15) is 17.3 Å². The zero-order chi connectivity index (χ0) is 23.5. The summed E-state index contributed by atoms with van der Waals surface area (Å²) in [4.78, 5) is 0. The lowest BCUT2D eigenvalue weighted by Gasteiger charge is -2.35. The van der Waals surface area contributed by atoms with Crippen LogP contribution in [-0.2, 0) is 0 Å². The van der Waals surface area contributed by atoms with Crippen LogP contribution in [0.3, 0.4) is 0 Å². The molecule has 0 amide bonds. The summed E-state index contributed by atoms with van der Waals surface area (Å²) in [6.07, 6.45) is 3.78. The van der Waals surface area contributed by atoms with Gasteiger partial charge in [-0.3, -0.25) is 0 Å². The van der Waals surface area contributed by atoms with E-state index in [-0.39, 0.29) is 21.9 Å². The molecular weight excluding hydrogens is 441 g/mol. The number of allylic oxidation sites excluding steroid dienone is 1. The lowest BCUT2D eigenvalue weighted by molar-refractivity contribution is 0.371. The Balaban J connectivity index is 1.87. The molecule has 0 aromatic heterocycles. The molecule has 2 N–H and O–H groups in total. The summed E-state index contributed by atoms with van der Waals surface area (Å²) in [7, 11) is 1.51. The van der Waals surface area contributed by atoms with E-state index >= 15 is 0 Å². The summed E-state index contributed by atoms with van der Waals surface area (Å²) < 4.78 is 26.6. The first kappa shape index (κ1) is 21.4. The number of methoxy groups -OCH3 is 1. The molecule has 168 valence electrons. The molecule has 0 atom stereocenters. The molecule has 0 saturated heterocycles. The zero-order valence-electron chi connectivity index (χ0n) is 18.7. The van der Waals surface area contributed by atoms with Gasteiger partial charge < -0.3 is 19.9 Å². The molecule has 0 aliphatic carbocycles. The number of fused-ring (bicyclic) bond motifs is 5. The van der Waals surface area contributed by atoms with Gasteiger partial charge in [0.05, 0.1) is 23.2 Å². The zero-order valence-corrected chi connectivity index (χ0v) is 19.5. The summed E-state index contributed by atoms with van der Waals surface area (Å²) >= 11 is 6.34. The molecule has 4 nitrogen and oxygen atoms in total. The molecule has 0 spiro atoms. The first-order valence-electron chi connectivity index (χ1n) is 10.6. The van der Waals surface area contributed by atoms with E-state index in [0.717, 1.165) is 28.0 Å². The average molecular weight is 464 g/mol. The number of phenols is 1. The maximum absolute atomic E-state index is 14.7. The summed E-state index contributed by atoms with van der Waals surface area (Å²) in [6, 6.07) is 11.8. The minimum Gasteiger partial charge on any atom is -0.504 e. The predicted molar refractivity (Wildman–Crippen MR) is 131 cm³/mol. The van der Waals surface area contributed by atoms with E-state index in [1.807, 2.05) is 19.1 Å². The standard InChI is InChI=1S/C27H23ClFNO3/c1-14-13-27(2,3)30-19-9-8-15-24(23(14)19)22(12-16-17(28)6-5-7-18(16)29)33-21-11-10-20(31)26(32-4)25(15)21/h5-13,30-31H,1-4H3/b22-12-. The number of benzene rings is 3. The fraction of sp³-hybridized carbons (Fsp3) is 0.185. The van der Waals surface area contributed by atoms with E-state index in [1.165, 1.54) is 19.2 Å². The number of hydrogen-bond acceptors (Lipinski definition) is 4. The topological polar surface area (TPSA) is 50.7 Å². The van der Waals surface area contributed by atoms with E-state index in [2.05, 4.69) is 25.2 Å². The van der Waals surface area contributed by atoms with Gasteiger partial charge in [0.25, 0.3) is 0 Å². The van der Waals surface area contributed by atoms with Gasteiger partial charge in [-0.1, -0.05) is 29.8 Å². The Kier molecular flexibility index (Phi) is 4.91. The molecular formula is C27H23ClFNO3. The third-order valence-electron chi connectivity index (χ3n) is 5.95. The van der Waals surface area contributed by atoms with Crippen molar-refractivity contribution in [1.82, 2.24) is 0 Å². The van der Waals surface area contributed by atoms with Crippen LogP contribution in [-0.4, -0.2) is 17.8 Å². The van der Waals surface area contributed by atoms with Crippen molar-refractivity contribution < 1.29 is 19.0 Å². The van der Waals surface area contributed by atoms with Crippen molar-refractivity contribution in [3.63, 3.8) is 0 Å². The lowest BCUT2D eigenvalue weighted by Crippen LogP contribution is -2.32. The number of anilines is 1. The smallest absolute Gasteiger partial charge is 0.172 e. The second-order valence-corrected chi connectivity index (χ2v) is 9.23. The summed E-state index contributed by atoms with van der Waals surface area (Å²) in [6.45, 7) is 6.24. The average Bonchev–Trinajstić information content (AvgIpc) is 2.75. The molecule has 0 radical (unpaired) electrons. The fourth-order valence-electron chi connectivity index (χ4n) is 4.73. The van der Waals surface area contributed by atoms with Crippen molar-refractivity contribution in [2.24, 2.45) is 0 Å². The molecule has 2 heterocycles. The van der Waals surface area contributed by atoms with E-state index in [4.69, 9.17) is 21.1 Å². The second kappa shape index (κ2) is 7.56. The van der Waals surface area contributed by atoms with Gasteiger partial charge in [0.15, 0.2) is 11.5 Å². The molecule has 0 bridgehead atoms. The van der Waals surface area contributed by atoms with Crippen LogP contribution in [0, 0.1) is 5.82 Å². The molecule has 0 fully saturated rings. The van der Waals surface area contributed by atoms with Crippen LogP contribution in [0.15, 0.2) is 48.5 Å². The van der Waals surface area contributed by atoms with Crippen molar-refractivity contribution >= 4 is 34.7 Å². The Labute approximate surface area is 196 Å². The van der Waals surface area contributed by atoms with Crippen LogP contribution in [0.5, 0.6) is 17.2 Å². The van der Waals surface area contributed by atoms with E-state index in [0.29, 0.717) is 22.8 Å². The van der Waals surface area contributed by atoms with Gasteiger partial charge in [-0.2, -0.15) is 0 Å². The molecule has 0 saturated carbocycles. The number of rotatable bonds is 2. The Morgan fingerprint density at radius 1 is 1.09 bits per heavy atom. The molecule has 3 aromatic carbocycles. The van der Waals surface area contributed by atoms with Gasteiger partial charge >= 0.3 is 0 Å². The van der Waals surface area contributed by atoms with Crippen LogP contribution in [0.4, 0.5) is 10.1 Å². The highest BCUT2D eigenvalue weighted by atomic mass is 35.5. The number of phenolic OH excluding ortho intramolecular Hbond substituents is 1. The molecule has 5 rings (SSSR count). The number of nitrogens with one attached hydrogen (secondary N) is 1. The van der Waals surface area contributed by atoms with Gasteiger partial charge in [-0.15, -0.1) is 0 Å². The van der Waals surface area contributed by atoms with Crippen LogP contribution in [0.1, 0.15) is 37.5 Å². The number of hydrogen-bond donors (Lipinski definition) is 2. The SMILES string of the molecule is COc1c(O)ccc2c1-c1ccc3c(c1/C(=C/c1c(F)cccc1Cl)O2)C(C)=CC(C)(C)N3. The highest BCUT2D eigenvalue weighted by Crippen LogP contribution is 2.54. The second-order valence-electron chi connectivity index (χ2n) is 8.82. The van der Waals surface area contributed by atoms with Crippen LogP contribution in [0.25, 0.3) is 28.5 Å². The summed E-state index contributed by atoms with van der Waals surface area (Å²) in [5, 5.41) is 14.3. The minimum atomic E-state index is -0.439. The maximum atomic E-state index is 14.7. The monoisotopic (exact) mass is 463 g/mol. The third kappa shape index (κ3) is 3.44. The van der Waals surface area contributed by atoms with E-state index in [1.54, 1.807) is 24.3 Å². The van der Waals surface area contributed by atoms with Crippen LogP contribution in [0.2, 0.25) is 5.02 Å². The molecule has 2 aliphatic heterocycles. The van der Waals surface area contributed by atoms with Gasteiger partial charge in [0, 0.05) is 27.9 Å². The van der Waals surface area contributed by atoms with Crippen LogP contribution < -0.4 is 14.8 Å². The molecule has 3 aromatic rings. The Morgan fingerprint density at radius 2 is 1.88 bits per heavy atom. The van der Waals surface area contributed by atoms with Crippen LogP contribution >= 0.6 is 11.6 Å². The Hall–Kier alpha value is -3.44. The summed E-state index contributed by atoms with van der Waals surface area (Å²) in [5.41, 5.74) is 5.20. The highest BCUT2D eigenvalue weighted by Gasteiger charge is 2.33. The number of ether oxygens (including phenoxy) is 2. The van der Waals surface area contributed by atoms with Crippen molar-refractivity contribution in [3.8, 4) is 28.4 Å². The number of aromatic hydroxyl groups is 1. The lowest BCUT2D eigenvalue weighted by atomic mass is 9.82. The number of halogens is 2. The normalized spacial score (nSPS) is 16.7. The first-order chi connectivity index (χ1) is 15.7. The van der Waals surface area contributed by atoms with Crippen molar-refractivity contribution in [2.75, 3.05) is 12.4 Å². The molecule has 2 aliphatic rings. The minimum absolute atomic E-state index is 0.0135. The van der Waals surface area contributed by atoms with Crippen molar-refractivity contribution in [2.45, 2.75) is 26.3 Å². The van der Waals surface area contributed by atoms with Crippen molar-refractivity contribution in [1.29, 1.82) is 0 Å².